The van der Waals surface area contributed by atoms with Gasteiger partial charge in [0.05, 0.1) is 5.39 Å². The first kappa shape index (κ1) is 23.1. The zero-order valence-corrected chi connectivity index (χ0v) is 19.1. The van der Waals surface area contributed by atoms with Crippen LogP contribution in [0.4, 0.5) is 4.79 Å². The summed E-state index contributed by atoms with van der Waals surface area (Å²) < 4.78 is 16.5. The van der Waals surface area contributed by atoms with Crippen LogP contribution in [0.15, 0.2) is 51.7 Å². The molecule has 0 unspecified atom stereocenters. The lowest BCUT2D eigenvalue weighted by molar-refractivity contribution is -0.136. The van der Waals surface area contributed by atoms with Gasteiger partial charge in [-0.3, -0.25) is 0 Å². The van der Waals surface area contributed by atoms with E-state index in [4.69, 9.17) is 13.9 Å². The minimum atomic E-state index is -1.10. The van der Waals surface area contributed by atoms with Gasteiger partial charge < -0.3 is 19.2 Å². The highest BCUT2D eigenvalue weighted by Crippen LogP contribution is 2.32. The van der Waals surface area contributed by atoms with Crippen molar-refractivity contribution in [1.29, 1.82) is 0 Å². The van der Waals surface area contributed by atoms with Crippen molar-refractivity contribution >= 4 is 23.0 Å². The van der Waals surface area contributed by atoms with Crippen molar-refractivity contribution in [2.24, 2.45) is 0 Å². The SMILES string of the molecule is Cc1cc(OC(=O)[C@H](NC(=O)OC(C)(C)C)c2ccccc2)c2c(C)c(C)c(=O)oc2c1. The molecule has 7 heteroatoms. The monoisotopic (exact) mass is 437 g/mol. The van der Waals surface area contributed by atoms with Crippen molar-refractivity contribution in [1.82, 2.24) is 5.32 Å². The summed E-state index contributed by atoms with van der Waals surface area (Å²) in [7, 11) is 0. The average Bonchev–Trinajstić information content (AvgIpc) is 2.69. The third-order valence-electron chi connectivity index (χ3n) is 4.90. The smallest absolute Gasteiger partial charge is 0.408 e. The Balaban J connectivity index is 2.01. The van der Waals surface area contributed by atoms with E-state index in [0.717, 1.165) is 5.56 Å². The van der Waals surface area contributed by atoms with E-state index in [2.05, 4.69) is 5.32 Å². The molecule has 1 N–H and O–H groups in total. The Kier molecular flexibility index (Phi) is 6.39. The minimum absolute atomic E-state index is 0.251. The van der Waals surface area contributed by atoms with Gasteiger partial charge >= 0.3 is 17.7 Å². The van der Waals surface area contributed by atoms with Gasteiger partial charge in [-0.15, -0.1) is 0 Å². The van der Waals surface area contributed by atoms with Gasteiger partial charge in [0.2, 0.25) is 0 Å². The molecule has 0 saturated carbocycles. The molecule has 0 aliphatic carbocycles. The van der Waals surface area contributed by atoms with Crippen LogP contribution in [0.1, 0.15) is 49.1 Å². The molecule has 0 spiro atoms. The Bertz CT molecular complexity index is 1220. The fourth-order valence-electron chi connectivity index (χ4n) is 3.29. The van der Waals surface area contributed by atoms with Crippen LogP contribution in [-0.2, 0) is 9.53 Å². The van der Waals surface area contributed by atoms with Crippen LogP contribution >= 0.6 is 0 Å². The zero-order chi connectivity index (χ0) is 23.6. The number of benzene rings is 2. The lowest BCUT2D eigenvalue weighted by atomic mass is 10.0. The topological polar surface area (TPSA) is 94.8 Å². The molecule has 168 valence electrons. The highest BCUT2D eigenvalue weighted by atomic mass is 16.6. The fraction of sp³-hybridized carbons (Fsp3) is 0.320. The quantitative estimate of drug-likeness (QED) is 0.355. The standard InChI is InChI=1S/C25H27NO6/c1-14-12-18-20(15(2)16(3)22(27)30-18)19(13-14)31-23(28)21(17-10-8-7-9-11-17)26-24(29)32-25(4,5)6/h7-13,21H,1-6H3,(H,26,29)/t21-/m1/s1. The molecule has 0 fully saturated rings. The van der Waals surface area contributed by atoms with Crippen molar-refractivity contribution < 1.29 is 23.5 Å². The van der Waals surface area contributed by atoms with Crippen LogP contribution in [0, 0.1) is 20.8 Å². The van der Waals surface area contributed by atoms with Gasteiger partial charge in [0, 0.05) is 5.56 Å². The van der Waals surface area contributed by atoms with Gasteiger partial charge in [-0.05, 0) is 70.4 Å². The van der Waals surface area contributed by atoms with Gasteiger partial charge in [-0.1, -0.05) is 30.3 Å². The number of fused-ring (bicyclic) bond motifs is 1. The van der Waals surface area contributed by atoms with Crippen LogP contribution in [0.25, 0.3) is 11.0 Å². The molecular formula is C25H27NO6. The molecular weight excluding hydrogens is 410 g/mol. The first-order valence-corrected chi connectivity index (χ1v) is 10.3. The summed E-state index contributed by atoms with van der Waals surface area (Å²) in [6, 6.07) is 11.1. The van der Waals surface area contributed by atoms with Crippen LogP contribution in [-0.4, -0.2) is 17.7 Å². The number of hydrogen-bond donors (Lipinski definition) is 1. The van der Waals surface area contributed by atoms with Crippen LogP contribution < -0.4 is 15.7 Å². The number of carbonyl (C=O) groups excluding carboxylic acids is 2. The van der Waals surface area contributed by atoms with Crippen LogP contribution in [0.5, 0.6) is 5.75 Å². The summed E-state index contributed by atoms with van der Waals surface area (Å²) >= 11 is 0. The highest BCUT2D eigenvalue weighted by Gasteiger charge is 2.28. The van der Waals surface area contributed by atoms with Crippen molar-refractivity contribution in [3.8, 4) is 5.75 Å². The summed E-state index contributed by atoms with van der Waals surface area (Å²) in [6.07, 6.45) is -0.740. The Morgan fingerprint density at radius 1 is 1.00 bits per heavy atom. The third kappa shape index (κ3) is 5.17. The van der Waals surface area contributed by atoms with E-state index in [0.29, 0.717) is 27.7 Å². The van der Waals surface area contributed by atoms with Crippen molar-refractivity contribution in [3.05, 3.63) is 75.1 Å². The van der Waals surface area contributed by atoms with Gasteiger partial charge in [0.25, 0.3) is 0 Å². The molecule has 1 aromatic heterocycles. The summed E-state index contributed by atoms with van der Waals surface area (Å²) in [5.41, 5.74) is 1.56. The number of hydrogen-bond acceptors (Lipinski definition) is 6. The lowest BCUT2D eigenvalue weighted by Crippen LogP contribution is -2.39. The van der Waals surface area contributed by atoms with Gasteiger partial charge in [-0.25, -0.2) is 14.4 Å². The maximum absolute atomic E-state index is 13.2. The molecule has 1 atom stereocenters. The maximum atomic E-state index is 13.2. The molecule has 0 radical (unpaired) electrons. The Hall–Kier alpha value is -3.61. The lowest BCUT2D eigenvalue weighted by Gasteiger charge is -2.23. The van der Waals surface area contributed by atoms with E-state index in [1.54, 1.807) is 77.9 Å². The molecule has 1 amide bonds. The Morgan fingerprint density at radius 2 is 1.66 bits per heavy atom. The summed E-state index contributed by atoms with van der Waals surface area (Å²) in [4.78, 5) is 37.8. The molecule has 3 aromatic rings. The number of nitrogens with one attached hydrogen (secondary N) is 1. The second-order valence-electron chi connectivity index (χ2n) is 8.69. The summed E-state index contributed by atoms with van der Waals surface area (Å²) in [5.74, 6) is -0.446. The normalized spacial score (nSPS) is 12.3. The first-order chi connectivity index (χ1) is 15.0. The number of ether oxygens (including phenoxy) is 2. The molecule has 0 bridgehead atoms. The first-order valence-electron chi connectivity index (χ1n) is 10.3. The summed E-state index contributed by atoms with van der Waals surface area (Å²) in [6.45, 7) is 10.4. The number of amides is 1. The predicted octanol–water partition coefficient (Wildman–Crippen LogP) is 4.89. The van der Waals surface area contributed by atoms with E-state index in [-0.39, 0.29) is 5.75 Å². The van der Waals surface area contributed by atoms with Gasteiger partial charge in [0.15, 0.2) is 6.04 Å². The van der Waals surface area contributed by atoms with Gasteiger partial charge in [-0.2, -0.15) is 0 Å². The molecule has 0 aliphatic heterocycles. The second kappa shape index (κ2) is 8.86. The molecule has 2 aromatic carbocycles. The van der Waals surface area contributed by atoms with Crippen LogP contribution in [0.2, 0.25) is 0 Å². The molecule has 3 rings (SSSR count). The fourth-order valence-corrected chi connectivity index (χ4v) is 3.29. The number of rotatable bonds is 4. The average molecular weight is 437 g/mol. The van der Waals surface area contributed by atoms with E-state index < -0.39 is 29.3 Å². The third-order valence-corrected chi connectivity index (χ3v) is 4.90. The Labute approximate surface area is 186 Å². The van der Waals surface area contributed by atoms with E-state index in [1.165, 1.54) is 0 Å². The number of esters is 1. The van der Waals surface area contributed by atoms with Crippen molar-refractivity contribution in [2.75, 3.05) is 0 Å². The Morgan fingerprint density at radius 3 is 2.28 bits per heavy atom. The molecule has 0 saturated heterocycles. The zero-order valence-electron chi connectivity index (χ0n) is 19.1. The van der Waals surface area contributed by atoms with Gasteiger partial charge in [0.1, 0.15) is 16.9 Å². The number of carbonyl (C=O) groups is 2. The van der Waals surface area contributed by atoms with Crippen LogP contribution in [0.3, 0.4) is 0 Å². The molecule has 32 heavy (non-hydrogen) atoms. The molecule has 0 aliphatic rings. The van der Waals surface area contributed by atoms with Crippen molar-refractivity contribution in [2.45, 2.75) is 53.2 Å². The second-order valence-corrected chi connectivity index (χ2v) is 8.69. The largest absolute Gasteiger partial charge is 0.444 e. The highest BCUT2D eigenvalue weighted by molar-refractivity contribution is 5.92. The van der Waals surface area contributed by atoms with E-state index in [1.807, 2.05) is 6.07 Å². The number of aryl methyl sites for hydroxylation is 2. The number of alkyl carbamates (subject to hydrolysis) is 1. The predicted molar refractivity (Wildman–Crippen MR) is 121 cm³/mol. The maximum Gasteiger partial charge on any atom is 0.408 e. The minimum Gasteiger partial charge on any atom is -0.444 e. The summed E-state index contributed by atoms with van der Waals surface area (Å²) in [5, 5.41) is 3.13. The van der Waals surface area contributed by atoms with E-state index >= 15 is 0 Å². The van der Waals surface area contributed by atoms with Crippen molar-refractivity contribution in [3.63, 3.8) is 0 Å². The molecule has 1 heterocycles. The molecule has 7 nitrogen and oxygen atoms in total. The van der Waals surface area contributed by atoms with E-state index in [9.17, 15) is 14.4 Å².